The number of hydrogen-bond acceptors (Lipinski definition) is 6. The van der Waals surface area contributed by atoms with Crippen molar-refractivity contribution in [1.29, 1.82) is 0 Å². The fourth-order valence-corrected chi connectivity index (χ4v) is 5.79. The molecule has 0 radical (unpaired) electrons. The van der Waals surface area contributed by atoms with Crippen LogP contribution in [0.3, 0.4) is 0 Å². The fourth-order valence-electron chi connectivity index (χ4n) is 3.78. The third kappa shape index (κ3) is 5.91. The van der Waals surface area contributed by atoms with Gasteiger partial charge in [-0.2, -0.15) is 8.42 Å². The molecule has 0 fully saturated rings. The van der Waals surface area contributed by atoms with E-state index in [1.54, 1.807) is 36.4 Å². The van der Waals surface area contributed by atoms with Gasteiger partial charge in [0.25, 0.3) is 10.0 Å². The number of sulfonamides is 1. The van der Waals surface area contributed by atoms with E-state index in [1.807, 2.05) is 0 Å². The molecule has 0 heterocycles. The van der Waals surface area contributed by atoms with Crippen LogP contribution in [-0.4, -0.2) is 39.7 Å². The van der Waals surface area contributed by atoms with Crippen LogP contribution >= 0.6 is 15.9 Å². The molecule has 198 valence electrons. The summed E-state index contributed by atoms with van der Waals surface area (Å²) >= 11 is 3.05. The van der Waals surface area contributed by atoms with Gasteiger partial charge >= 0.3 is 10.3 Å². The van der Waals surface area contributed by atoms with Crippen molar-refractivity contribution in [3.05, 3.63) is 84.9 Å². The fraction of sp³-hybridized carbons (Fsp3) is 0.0800. The van der Waals surface area contributed by atoms with Crippen LogP contribution in [0.15, 0.2) is 89.8 Å². The number of nitrogens with zero attached hydrogens (tertiary/aromatic N) is 1. The second kappa shape index (κ2) is 11.0. The van der Waals surface area contributed by atoms with Crippen LogP contribution in [0.5, 0.6) is 5.75 Å². The van der Waals surface area contributed by atoms with Crippen molar-refractivity contribution in [3.8, 4) is 5.75 Å². The van der Waals surface area contributed by atoms with Crippen LogP contribution in [0.1, 0.15) is 0 Å². The van der Waals surface area contributed by atoms with Crippen molar-refractivity contribution < 1.29 is 30.9 Å². The first-order valence-electron chi connectivity index (χ1n) is 11.0. The maximum absolute atomic E-state index is 13.1. The first-order chi connectivity index (χ1) is 18.0. The Hall–Kier alpha value is -3.65. The molecule has 0 unspecified atom stereocenters. The molecule has 3 N–H and O–H groups in total. The summed E-state index contributed by atoms with van der Waals surface area (Å²) in [6.07, 6.45) is 0. The number of carbonyl (C=O) groups is 1. The predicted molar refractivity (Wildman–Crippen MR) is 150 cm³/mol. The van der Waals surface area contributed by atoms with Gasteiger partial charge in [-0.25, -0.2) is 12.7 Å². The molecule has 4 aromatic carbocycles. The second-order valence-electron chi connectivity index (χ2n) is 7.93. The number of halogens is 1. The average molecular weight is 621 g/mol. The lowest BCUT2D eigenvalue weighted by Gasteiger charge is -2.24. The van der Waals surface area contributed by atoms with E-state index in [4.69, 9.17) is 4.74 Å². The lowest BCUT2D eigenvalue weighted by Crippen LogP contribution is -2.25. The monoisotopic (exact) mass is 619 g/mol. The van der Waals surface area contributed by atoms with E-state index in [1.165, 1.54) is 55.6 Å². The first kappa shape index (κ1) is 27.4. The van der Waals surface area contributed by atoms with Crippen molar-refractivity contribution in [2.75, 3.05) is 26.8 Å². The van der Waals surface area contributed by atoms with Crippen molar-refractivity contribution in [3.63, 3.8) is 0 Å². The number of nitrogens with one attached hydrogen (secondary N) is 2. The first-order valence-corrected chi connectivity index (χ1v) is 15.0. The molecule has 4 rings (SSSR count). The number of carbonyl (C=O) groups excluding carboxylic acids is 1. The Morgan fingerprint density at radius 3 is 2.11 bits per heavy atom. The molecule has 13 heteroatoms. The number of alkyl halides is 1. The summed E-state index contributed by atoms with van der Waals surface area (Å²) in [5.41, 5.74) is 0.903. The zero-order valence-electron chi connectivity index (χ0n) is 19.8. The molecule has 10 nitrogen and oxygen atoms in total. The number of rotatable bonds is 9. The Labute approximate surface area is 228 Å². The average Bonchev–Trinajstić information content (AvgIpc) is 2.90. The smallest absolute Gasteiger partial charge is 0.364 e. The van der Waals surface area contributed by atoms with Gasteiger partial charge in [0.2, 0.25) is 5.91 Å². The van der Waals surface area contributed by atoms with Crippen LogP contribution in [0.4, 0.5) is 22.7 Å². The summed E-state index contributed by atoms with van der Waals surface area (Å²) in [5, 5.41) is 3.48. The summed E-state index contributed by atoms with van der Waals surface area (Å²) in [7, 11) is -7.34. The van der Waals surface area contributed by atoms with Crippen molar-refractivity contribution >= 4 is 75.7 Å². The van der Waals surface area contributed by atoms with Gasteiger partial charge in [0.1, 0.15) is 5.75 Å². The van der Waals surface area contributed by atoms with Crippen LogP contribution in [-0.2, 0) is 25.1 Å². The molecule has 0 aliphatic carbocycles. The van der Waals surface area contributed by atoms with E-state index in [0.717, 1.165) is 4.31 Å². The summed E-state index contributed by atoms with van der Waals surface area (Å²) in [6, 6.07) is 21.1. The minimum absolute atomic E-state index is 0.0414. The SMILES string of the molecule is COc1ccc(N(c2ccc(NS(=O)(=O)c3ccc(NC(=O)CBr)cc3)c3ccccc23)S(=O)(=O)O)cc1. The standard InChI is InChI=1S/C25H22BrN3O7S2/c1-36-19-10-8-18(9-11-19)29(38(33,34)35)24-15-14-23(21-4-2-3-5-22(21)24)28-37(31,32)20-12-6-17(7-13-20)27-25(30)16-26/h2-15,28H,16H2,1H3,(H,27,30)(H,33,34,35). The van der Waals surface area contributed by atoms with E-state index < -0.39 is 20.3 Å². The number of methoxy groups -OCH3 is 1. The molecule has 0 aromatic heterocycles. The number of benzene rings is 4. The zero-order valence-corrected chi connectivity index (χ0v) is 23.0. The maximum Gasteiger partial charge on any atom is 0.364 e. The number of amides is 1. The highest BCUT2D eigenvalue weighted by molar-refractivity contribution is 9.09. The van der Waals surface area contributed by atoms with E-state index in [2.05, 4.69) is 26.0 Å². The van der Waals surface area contributed by atoms with Gasteiger partial charge < -0.3 is 10.1 Å². The lowest BCUT2D eigenvalue weighted by atomic mass is 10.1. The van der Waals surface area contributed by atoms with Crippen LogP contribution in [0.25, 0.3) is 10.8 Å². The molecule has 0 atom stereocenters. The molecule has 1 amide bonds. The molecular formula is C25H22BrN3O7S2. The summed E-state index contributed by atoms with van der Waals surface area (Å²) in [5.74, 6) is 0.219. The van der Waals surface area contributed by atoms with Gasteiger partial charge in [-0.05, 0) is 60.7 Å². The Morgan fingerprint density at radius 1 is 0.895 bits per heavy atom. The summed E-state index contributed by atoms with van der Waals surface area (Å²) in [4.78, 5) is 11.5. The summed E-state index contributed by atoms with van der Waals surface area (Å²) in [6.45, 7) is 0. The highest BCUT2D eigenvalue weighted by Gasteiger charge is 2.25. The predicted octanol–water partition coefficient (Wildman–Crippen LogP) is 4.92. The van der Waals surface area contributed by atoms with Crippen LogP contribution in [0.2, 0.25) is 0 Å². The van der Waals surface area contributed by atoms with Crippen molar-refractivity contribution in [2.45, 2.75) is 4.90 Å². The quantitative estimate of drug-likeness (QED) is 0.178. The molecule has 0 saturated carbocycles. The number of ether oxygens (including phenoxy) is 1. The molecule has 0 aliphatic heterocycles. The maximum atomic E-state index is 13.1. The van der Waals surface area contributed by atoms with Gasteiger partial charge in [-0.3, -0.25) is 14.1 Å². The third-order valence-electron chi connectivity index (χ3n) is 5.47. The van der Waals surface area contributed by atoms with Crippen molar-refractivity contribution in [2.24, 2.45) is 0 Å². The second-order valence-corrected chi connectivity index (χ2v) is 11.4. The number of hydrogen-bond donors (Lipinski definition) is 3. The third-order valence-corrected chi connectivity index (χ3v) is 8.23. The molecular weight excluding hydrogens is 598 g/mol. The van der Waals surface area contributed by atoms with Crippen molar-refractivity contribution in [1.82, 2.24) is 0 Å². The Balaban J connectivity index is 1.74. The Kier molecular flexibility index (Phi) is 7.92. The Morgan fingerprint density at radius 2 is 1.53 bits per heavy atom. The van der Waals surface area contributed by atoms with Gasteiger partial charge in [0, 0.05) is 16.5 Å². The van der Waals surface area contributed by atoms with Gasteiger partial charge in [0.05, 0.1) is 34.4 Å². The van der Waals surface area contributed by atoms with Crippen LogP contribution in [0, 0.1) is 0 Å². The molecule has 0 saturated heterocycles. The van der Waals surface area contributed by atoms with E-state index >= 15 is 0 Å². The summed E-state index contributed by atoms with van der Waals surface area (Å²) < 4.78 is 69.7. The van der Waals surface area contributed by atoms with E-state index in [0.29, 0.717) is 22.2 Å². The normalized spacial score (nSPS) is 11.7. The Bertz CT molecular complexity index is 1690. The van der Waals surface area contributed by atoms with Gasteiger partial charge in [-0.15, -0.1) is 0 Å². The number of fused-ring (bicyclic) bond motifs is 1. The molecule has 0 spiro atoms. The minimum Gasteiger partial charge on any atom is -0.497 e. The topological polar surface area (TPSA) is 142 Å². The van der Waals surface area contributed by atoms with E-state index in [-0.39, 0.29) is 33.2 Å². The minimum atomic E-state index is -4.77. The van der Waals surface area contributed by atoms with Gasteiger partial charge in [-0.1, -0.05) is 40.2 Å². The highest BCUT2D eigenvalue weighted by Crippen LogP contribution is 2.38. The molecule has 4 aromatic rings. The van der Waals surface area contributed by atoms with E-state index in [9.17, 15) is 26.2 Å². The molecule has 0 bridgehead atoms. The number of anilines is 4. The highest BCUT2D eigenvalue weighted by atomic mass is 79.9. The zero-order chi connectivity index (χ0) is 27.5. The van der Waals surface area contributed by atoms with Gasteiger partial charge in [0.15, 0.2) is 0 Å². The van der Waals surface area contributed by atoms with Crippen LogP contribution < -0.4 is 19.1 Å². The molecule has 0 aliphatic rings. The molecule has 38 heavy (non-hydrogen) atoms. The lowest BCUT2D eigenvalue weighted by molar-refractivity contribution is -0.113. The largest absolute Gasteiger partial charge is 0.497 e.